The van der Waals surface area contributed by atoms with E-state index in [4.69, 9.17) is 0 Å². The highest BCUT2D eigenvalue weighted by molar-refractivity contribution is 4.96. The Balaban J connectivity index is 1.33. The number of likely N-dealkylation sites (tertiary alicyclic amines) is 2. The van der Waals surface area contributed by atoms with Crippen LogP contribution in [0.3, 0.4) is 0 Å². The maximum atomic E-state index is 2.74. The van der Waals surface area contributed by atoms with Gasteiger partial charge >= 0.3 is 0 Å². The van der Waals surface area contributed by atoms with Crippen molar-refractivity contribution in [3.63, 3.8) is 0 Å². The largest absolute Gasteiger partial charge is 0.300 e. The van der Waals surface area contributed by atoms with Crippen molar-refractivity contribution >= 4 is 0 Å². The molecule has 0 aliphatic carbocycles. The molecule has 134 valence electrons. The van der Waals surface area contributed by atoms with Gasteiger partial charge in [0.05, 0.1) is 0 Å². The summed E-state index contributed by atoms with van der Waals surface area (Å²) in [5, 5.41) is 0. The van der Waals surface area contributed by atoms with Crippen molar-refractivity contribution < 1.29 is 0 Å². The van der Waals surface area contributed by atoms with Gasteiger partial charge in [0.15, 0.2) is 0 Å². The van der Waals surface area contributed by atoms with Gasteiger partial charge in [-0.3, -0.25) is 14.7 Å². The molecule has 0 unspecified atom stereocenters. The predicted octanol–water partition coefficient (Wildman–Crippen LogP) is 1.82. The Morgan fingerprint density at radius 2 is 1.17 bits per heavy atom. The van der Waals surface area contributed by atoms with Crippen molar-refractivity contribution in [3.05, 3.63) is 0 Å². The quantitative estimate of drug-likeness (QED) is 0.786. The third-order valence-electron chi connectivity index (χ3n) is 6.16. The van der Waals surface area contributed by atoms with Gasteiger partial charge in [0.2, 0.25) is 0 Å². The predicted molar refractivity (Wildman–Crippen MR) is 97.9 cm³/mol. The molecule has 4 heteroatoms. The fourth-order valence-corrected chi connectivity index (χ4v) is 4.14. The smallest absolute Gasteiger partial charge is 0.0351 e. The molecule has 0 aromatic carbocycles. The van der Waals surface area contributed by atoms with Crippen LogP contribution in [0.25, 0.3) is 0 Å². The standard InChI is InChI=1S/C19H38N4/c1-18(2,3)22-12-16(13-22)11-20-7-9-21(10-8-20)17-14-23(15-17)19(4,5)6/h16-17H,7-15H2,1-6H3. The van der Waals surface area contributed by atoms with E-state index in [1.807, 2.05) is 0 Å². The highest BCUT2D eigenvalue weighted by Crippen LogP contribution is 2.27. The van der Waals surface area contributed by atoms with Crippen LogP contribution in [0.4, 0.5) is 0 Å². The van der Waals surface area contributed by atoms with Gasteiger partial charge in [0, 0.05) is 76.0 Å². The van der Waals surface area contributed by atoms with Gasteiger partial charge in [-0.1, -0.05) is 0 Å². The van der Waals surface area contributed by atoms with Gasteiger partial charge in [0.1, 0.15) is 0 Å². The van der Waals surface area contributed by atoms with Crippen molar-refractivity contribution in [2.75, 3.05) is 58.9 Å². The topological polar surface area (TPSA) is 13.0 Å². The van der Waals surface area contributed by atoms with Gasteiger partial charge in [-0.15, -0.1) is 0 Å². The summed E-state index contributed by atoms with van der Waals surface area (Å²) in [7, 11) is 0. The monoisotopic (exact) mass is 322 g/mol. The minimum Gasteiger partial charge on any atom is -0.300 e. The molecule has 0 aromatic rings. The lowest BCUT2D eigenvalue weighted by Crippen LogP contribution is -2.67. The third kappa shape index (κ3) is 4.09. The summed E-state index contributed by atoms with van der Waals surface area (Å²) in [6.07, 6.45) is 0. The second kappa shape index (κ2) is 6.29. The zero-order valence-corrected chi connectivity index (χ0v) is 16.3. The summed E-state index contributed by atoms with van der Waals surface area (Å²) >= 11 is 0. The van der Waals surface area contributed by atoms with Crippen LogP contribution < -0.4 is 0 Å². The van der Waals surface area contributed by atoms with Crippen LogP contribution in [0.5, 0.6) is 0 Å². The Bertz CT molecular complexity index is 389. The average molecular weight is 323 g/mol. The van der Waals surface area contributed by atoms with Crippen molar-refractivity contribution in [1.82, 2.24) is 19.6 Å². The molecular weight excluding hydrogens is 284 g/mol. The second-order valence-corrected chi connectivity index (χ2v) is 10.0. The van der Waals surface area contributed by atoms with Gasteiger partial charge < -0.3 is 4.90 Å². The van der Waals surface area contributed by atoms with Crippen molar-refractivity contribution in [2.45, 2.75) is 58.7 Å². The number of rotatable bonds is 3. The molecule has 0 aromatic heterocycles. The summed E-state index contributed by atoms with van der Waals surface area (Å²) < 4.78 is 0. The summed E-state index contributed by atoms with van der Waals surface area (Å²) in [4.78, 5) is 10.7. The van der Waals surface area contributed by atoms with E-state index in [-0.39, 0.29) is 0 Å². The first-order chi connectivity index (χ1) is 10.6. The second-order valence-electron chi connectivity index (χ2n) is 10.0. The van der Waals surface area contributed by atoms with Crippen molar-refractivity contribution in [1.29, 1.82) is 0 Å². The van der Waals surface area contributed by atoms with E-state index in [2.05, 4.69) is 61.1 Å². The first-order valence-corrected chi connectivity index (χ1v) is 9.59. The van der Waals surface area contributed by atoms with Crippen LogP contribution in [0, 0.1) is 5.92 Å². The highest BCUT2D eigenvalue weighted by Gasteiger charge is 2.39. The van der Waals surface area contributed by atoms with Crippen LogP contribution in [0.1, 0.15) is 41.5 Å². The molecule has 3 saturated heterocycles. The third-order valence-corrected chi connectivity index (χ3v) is 6.16. The molecule has 0 radical (unpaired) electrons. The average Bonchev–Trinajstić information content (AvgIpc) is 2.29. The van der Waals surface area contributed by atoms with Gasteiger partial charge in [-0.25, -0.2) is 0 Å². The fourth-order valence-electron chi connectivity index (χ4n) is 4.14. The van der Waals surface area contributed by atoms with Gasteiger partial charge in [0.25, 0.3) is 0 Å². The first-order valence-electron chi connectivity index (χ1n) is 9.59. The van der Waals surface area contributed by atoms with E-state index < -0.39 is 0 Å². The van der Waals surface area contributed by atoms with E-state index >= 15 is 0 Å². The molecule has 0 N–H and O–H groups in total. The number of piperazine rings is 1. The maximum absolute atomic E-state index is 2.74. The van der Waals surface area contributed by atoms with E-state index in [1.54, 1.807) is 0 Å². The number of hydrogen-bond donors (Lipinski definition) is 0. The van der Waals surface area contributed by atoms with E-state index in [0.29, 0.717) is 11.1 Å². The maximum Gasteiger partial charge on any atom is 0.0351 e. The summed E-state index contributed by atoms with van der Waals surface area (Å²) in [5.74, 6) is 0.904. The Kier molecular flexibility index (Phi) is 4.83. The minimum atomic E-state index is 0.349. The SMILES string of the molecule is CC(C)(C)N1CC(CN2CCN(C3CN(C(C)(C)C)C3)CC2)C1. The molecule has 0 amide bonds. The molecule has 0 saturated carbocycles. The zero-order chi connectivity index (χ0) is 16.8. The molecule has 4 nitrogen and oxygen atoms in total. The lowest BCUT2D eigenvalue weighted by Gasteiger charge is -2.53. The van der Waals surface area contributed by atoms with E-state index in [0.717, 1.165) is 12.0 Å². The molecule has 0 bridgehead atoms. The van der Waals surface area contributed by atoms with E-state index in [1.165, 1.54) is 58.9 Å². The molecule has 3 fully saturated rings. The Morgan fingerprint density at radius 1 is 0.696 bits per heavy atom. The molecule has 0 spiro atoms. The minimum absolute atomic E-state index is 0.349. The molecule has 23 heavy (non-hydrogen) atoms. The number of hydrogen-bond acceptors (Lipinski definition) is 4. The van der Waals surface area contributed by atoms with E-state index in [9.17, 15) is 0 Å². The Labute approximate surface area is 143 Å². The van der Waals surface area contributed by atoms with Crippen molar-refractivity contribution in [3.8, 4) is 0 Å². The molecule has 3 heterocycles. The zero-order valence-electron chi connectivity index (χ0n) is 16.3. The highest BCUT2D eigenvalue weighted by atomic mass is 15.4. The Hall–Kier alpha value is -0.160. The fraction of sp³-hybridized carbons (Fsp3) is 1.00. The van der Waals surface area contributed by atoms with Gasteiger partial charge in [-0.2, -0.15) is 0 Å². The van der Waals surface area contributed by atoms with Gasteiger partial charge in [-0.05, 0) is 47.5 Å². The molecule has 3 aliphatic heterocycles. The van der Waals surface area contributed by atoms with Crippen LogP contribution >= 0.6 is 0 Å². The normalized spacial score (nSPS) is 27.9. The molecule has 3 rings (SSSR count). The first kappa shape index (κ1) is 17.7. The number of nitrogens with zero attached hydrogens (tertiary/aromatic N) is 4. The van der Waals surface area contributed by atoms with Crippen LogP contribution in [0.15, 0.2) is 0 Å². The van der Waals surface area contributed by atoms with Crippen molar-refractivity contribution in [2.24, 2.45) is 5.92 Å². The summed E-state index contributed by atoms with van der Waals surface area (Å²) in [6.45, 7) is 25.6. The lowest BCUT2D eigenvalue weighted by molar-refractivity contribution is -0.0469. The molecule has 3 aliphatic rings. The van der Waals surface area contributed by atoms with Crippen LogP contribution in [-0.4, -0.2) is 95.6 Å². The van der Waals surface area contributed by atoms with Crippen LogP contribution in [-0.2, 0) is 0 Å². The molecular formula is C19H38N4. The Morgan fingerprint density at radius 3 is 1.65 bits per heavy atom. The molecule has 0 atom stereocenters. The lowest BCUT2D eigenvalue weighted by atomic mass is 9.92. The summed E-state index contributed by atoms with van der Waals surface area (Å²) in [5.41, 5.74) is 0.708. The van der Waals surface area contributed by atoms with Crippen LogP contribution in [0.2, 0.25) is 0 Å². The summed E-state index contributed by atoms with van der Waals surface area (Å²) in [6, 6.07) is 0.816.